The van der Waals surface area contributed by atoms with Gasteiger partial charge in [0.1, 0.15) is 5.75 Å². The summed E-state index contributed by atoms with van der Waals surface area (Å²) in [6, 6.07) is 11.1. The summed E-state index contributed by atoms with van der Waals surface area (Å²) in [6.45, 7) is 2.00. The van der Waals surface area contributed by atoms with Gasteiger partial charge in [0.2, 0.25) is 0 Å². The first-order valence-corrected chi connectivity index (χ1v) is 9.80. The number of benzene rings is 2. The number of phenolic OH excluding ortho intramolecular Hbond substituents is 1. The van der Waals surface area contributed by atoms with E-state index in [0.29, 0.717) is 17.0 Å². The summed E-state index contributed by atoms with van der Waals surface area (Å²) in [7, 11) is 6.49. The van der Waals surface area contributed by atoms with Crippen molar-refractivity contribution in [3.63, 3.8) is 0 Å². The Hall–Kier alpha value is -1.55. The van der Waals surface area contributed by atoms with E-state index in [0.717, 1.165) is 32.4 Å². The minimum Gasteiger partial charge on any atom is -0.506 e. The molecule has 0 radical (unpaired) electrons. The molecule has 0 fully saturated rings. The molecule has 1 heterocycles. The highest BCUT2D eigenvalue weighted by atomic mass is 35.5. The minimum atomic E-state index is 0.199. The molecule has 4 heteroatoms. The number of likely N-dealkylation sites (N-methyl/N-ethyl adjacent to an activating group) is 1. The SMILES string of the molecule is CN(C)Cc1cccc2c1CC[C@H]1[C@H]2c2cc(O)c(Cl)cc2CCN1C. The molecule has 2 atom stereocenters. The predicted octanol–water partition coefficient (Wildman–Crippen LogP) is 4.04. The first-order chi connectivity index (χ1) is 12.5. The van der Waals surface area contributed by atoms with Crippen LogP contribution < -0.4 is 0 Å². The van der Waals surface area contributed by atoms with Crippen molar-refractivity contribution < 1.29 is 5.11 Å². The van der Waals surface area contributed by atoms with Crippen molar-refractivity contribution >= 4 is 11.6 Å². The molecule has 26 heavy (non-hydrogen) atoms. The van der Waals surface area contributed by atoms with Gasteiger partial charge in [0, 0.05) is 25.0 Å². The zero-order chi connectivity index (χ0) is 18.4. The number of hydrogen-bond donors (Lipinski definition) is 1. The third-order valence-corrected chi connectivity index (χ3v) is 6.35. The van der Waals surface area contributed by atoms with Crippen LogP contribution in [0.25, 0.3) is 0 Å². The van der Waals surface area contributed by atoms with Crippen LogP contribution in [0.2, 0.25) is 5.02 Å². The zero-order valence-electron chi connectivity index (χ0n) is 15.8. The summed E-state index contributed by atoms with van der Waals surface area (Å²) in [5, 5.41) is 10.8. The molecule has 0 saturated heterocycles. The van der Waals surface area contributed by atoms with Crippen LogP contribution in [0.5, 0.6) is 5.75 Å². The van der Waals surface area contributed by atoms with Crippen LogP contribution in [-0.4, -0.2) is 48.6 Å². The van der Waals surface area contributed by atoms with Gasteiger partial charge in [0.25, 0.3) is 0 Å². The summed E-state index contributed by atoms with van der Waals surface area (Å²) >= 11 is 6.22. The predicted molar refractivity (Wildman–Crippen MR) is 107 cm³/mol. The lowest BCUT2D eigenvalue weighted by atomic mass is 9.73. The highest BCUT2D eigenvalue weighted by Crippen LogP contribution is 2.45. The highest BCUT2D eigenvalue weighted by molar-refractivity contribution is 6.32. The fourth-order valence-electron chi connectivity index (χ4n) is 4.84. The van der Waals surface area contributed by atoms with Crippen molar-refractivity contribution in [3.8, 4) is 5.75 Å². The molecular formula is C22H27ClN2O. The van der Waals surface area contributed by atoms with Crippen molar-refractivity contribution in [2.24, 2.45) is 0 Å². The summed E-state index contributed by atoms with van der Waals surface area (Å²) < 4.78 is 0. The monoisotopic (exact) mass is 370 g/mol. The Labute approximate surface area is 161 Å². The molecular weight excluding hydrogens is 344 g/mol. The summed E-state index contributed by atoms with van der Waals surface area (Å²) in [5.41, 5.74) is 6.88. The van der Waals surface area contributed by atoms with E-state index in [2.05, 4.69) is 49.1 Å². The maximum absolute atomic E-state index is 10.3. The number of fused-ring (bicyclic) bond motifs is 5. The first-order valence-electron chi connectivity index (χ1n) is 9.42. The van der Waals surface area contributed by atoms with Gasteiger partial charge in [-0.15, -0.1) is 0 Å². The van der Waals surface area contributed by atoms with E-state index in [1.165, 1.54) is 27.8 Å². The van der Waals surface area contributed by atoms with Gasteiger partial charge in [-0.05, 0) is 80.4 Å². The van der Waals surface area contributed by atoms with Gasteiger partial charge >= 0.3 is 0 Å². The van der Waals surface area contributed by atoms with Crippen molar-refractivity contribution in [2.75, 3.05) is 27.7 Å². The van der Waals surface area contributed by atoms with E-state index in [1.54, 1.807) is 0 Å². The fourth-order valence-corrected chi connectivity index (χ4v) is 5.03. The lowest BCUT2D eigenvalue weighted by Crippen LogP contribution is -2.40. The molecule has 1 aliphatic carbocycles. The Bertz CT molecular complexity index is 833. The average molecular weight is 371 g/mol. The van der Waals surface area contributed by atoms with Crippen molar-refractivity contribution in [3.05, 3.63) is 63.2 Å². The number of nitrogens with zero attached hydrogens (tertiary/aromatic N) is 2. The molecule has 0 unspecified atom stereocenters. The molecule has 2 aromatic rings. The van der Waals surface area contributed by atoms with Crippen LogP contribution >= 0.6 is 11.6 Å². The van der Waals surface area contributed by atoms with Gasteiger partial charge in [0.05, 0.1) is 5.02 Å². The van der Waals surface area contributed by atoms with E-state index in [4.69, 9.17) is 11.6 Å². The molecule has 3 nitrogen and oxygen atoms in total. The smallest absolute Gasteiger partial charge is 0.134 e. The standard InChI is InChI=1S/C22H27ClN2O/c1-24(2)13-15-5-4-6-17-16(15)7-8-20-22(17)18-12-21(26)19(23)11-14(18)9-10-25(20)3/h4-6,11-12,20,22,26H,7-10,13H2,1-3H3/t20-,22+/m0/s1. The van der Waals surface area contributed by atoms with Crippen LogP contribution in [0.3, 0.4) is 0 Å². The second kappa shape index (κ2) is 6.88. The molecule has 0 spiro atoms. The molecule has 1 N–H and O–H groups in total. The van der Waals surface area contributed by atoms with Gasteiger partial charge in [-0.1, -0.05) is 29.8 Å². The Morgan fingerprint density at radius 2 is 2.00 bits per heavy atom. The number of rotatable bonds is 2. The summed E-state index contributed by atoms with van der Waals surface area (Å²) in [6.07, 6.45) is 3.26. The first kappa shape index (κ1) is 17.8. The summed E-state index contributed by atoms with van der Waals surface area (Å²) in [5.74, 6) is 0.497. The average Bonchev–Trinajstić information content (AvgIpc) is 2.73. The maximum atomic E-state index is 10.3. The lowest BCUT2D eigenvalue weighted by Gasteiger charge is -2.39. The molecule has 0 aromatic heterocycles. The second-order valence-electron chi connectivity index (χ2n) is 8.04. The zero-order valence-corrected chi connectivity index (χ0v) is 16.6. The Morgan fingerprint density at radius 3 is 2.77 bits per heavy atom. The van der Waals surface area contributed by atoms with Crippen LogP contribution in [0.15, 0.2) is 30.3 Å². The van der Waals surface area contributed by atoms with Crippen LogP contribution in [0.4, 0.5) is 0 Å². The molecule has 4 rings (SSSR count). The molecule has 2 aliphatic rings. The maximum Gasteiger partial charge on any atom is 0.134 e. The van der Waals surface area contributed by atoms with Crippen molar-refractivity contribution in [1.82, 2.24) is 9.80 Å². The largest absolute Gasteiger partial charge is 0.506 e. The van der Waals surface area contributed by atoms with Gasteiger partial charge in [-0.25, -0.2) is 0 Å². The number of aromatic hydroxyl groups is 1. The van der Waals surface area contributed by atoms with E-state index in [1.807, 2.05) is 12.1 Å². The highest BCUT2D eigenvalue weighted by Gasteiger charge is 2.37. The van der Waals surface area contributed by atoms with Crippen LogP contribution in [-0.2, 0) is 19.4 Å². The second-order valence-corrected chi connectivity index (χ2v) is 8.45. The molecule has 2 aromatic carbocycles. The fraction of sp³-hybridized carbons (Fsp3) is 0.455. The number of halogens is 1. The van der Waals surface area contributed by atoms with Gasteiger partial charge < -0.3 is 14.9 Å². The Morgan fingerprint density at radius 1 is 1.19 bits per heavy atom. The lowest BCUT2D eigenvalue weighted by molar-refractivity contribution is 0.213. The normalized spacial score (nSPS) is 22.5. The third kappa shape index (κ3) is 3.02. The minimum absolute atomic E-state index is 0.199. The van der Waals surface area contributed by atoms with Gasteiger partial charge in [-0.2, -0.15) is 0 Å². The third-order valence-electron chi connectivity index (χ3n) is 6.05. The molecule has 1 aliphatic heterocycles. The van der Waals surface area contributed by atoms with E-state index in [-0.39, 0.29) is 5.75 Å². The summed E-state index contributed by atoms with van der Waals surface area (Å²) in [4.78, 5) is 4.73. The number of phenols is 1. The quantitative estimate of drug-likeness (QED) is 0.864. The van der Waals surface area contributed by atoms with E-state index in [9.17, 15) is 5.11 Å². The molecule has 0 saturated carbocycles. The van der Waals surface area contributed by atoms with E-state index < -0.39 is 0 Å². The Balaban J connectivity index is 1.89. The van der Waals surface area contributed by atoms with Crippen molar-refractivity contribution in [2.45, 2.75) is 37.8 Å². The van der Waals surface area contributed by atoms with Crippen molar-refractivity contribution in [1.29, 1.82) is 0 Å². The van der Waals surface area contributed by atoms with Crippen LogP contribution in [0.1, 0.15) is 40.2 Å². The Kier molecular flexibility index (Phi) is 4.72. The molecule has 138 valence electrons. The van der Waals surface area contributed by atoms with Gasteiger partial charge in [-0.3, -0.25) is 0 Å². The molecule has 0 bridgehead atoms. The number of hydrogen-bond acceptors (Lipinski definition) is 3. The van der Waals surface area contributed by atoms with Crippen LogP contribution in [0, 0.1) is 0 Å². The molecule has 0 amide bonds. The van der Waals surface area contributed by atoms with Gasteiger partial charge in [0.15, 0.2) is 0 Å². The topological polar surface area (TPSA) is 26.7 Å². The van der Waals surface area contributed by atoms with E-state index >= 15 is 0 Å².